The Bertz CT molecular complexity index is 1250. The molecule has 0 bridgehead atoms. The maximum Gasteiger partial charge on any atom is 0.413 e. The van der Waals surface area contributed by atoms with E-state index in [1.807, 2.05) is 31.3 Å². The summed E-state index contributed by atoms with van der Waals surface area (Å²) in [5.41, 5.74) is 1.51. The third kappa shape index (κ3) is 5.93. The Morgan fingerprint density at radius 2 is 1.89 bits per heavy atom. The fourth-order valence-corrected chi connectivity index (χ4v) is 4.76. The number of piperidine rings is 2. The van der Waals surface area contributed by atoms with Crippen LogP contribution in [0, 0.1) is 0 Å². The second-order valence-corrected chi connectivity index (χ2v) is 9.74. The number of hydrogen-bond acceptors (Lipinski definition) is 8. The molecule has 12 nitrogen and oxygen atoms in total. The van der Waals surface area contributed by atoms with Crippen molar-refractivity contribution >= 4 is 40.9 Å². The first-order valence-corrected chi connectivity index (χ1v) is 12.7. The van der Waals surface area contributed by atoms with Gasteiger partial charge in [-0.2, -0.15) is 4.98 Å². The third-order valence-electron chi connectivity index (χ3n) is 7.03. The maximum atomic E-state index is 15.0. The molecule has 3 amide bonds. The number of alkyl halides is 1. The summed E-state index contributed by atoms with van der Waals surface area (Å²) in [6, 6.07) is 7.78. The number of likely N-dealkylation sites (N-methyl/N-ethyl adjacent to an activating group) is 1. The Hall–Kier alpha value is -4.00. The van der Waals surface area contributed by atoms with Crippen LogP contribution >= 0.6 is 0 Å². The number of ether oxygens (including phenoxy) is 1. The van der Waals surface area contributed by atoms with Gasteiger partial charge in [-0.25, -0.2) is 23.9 Å². The van der Waals surface area contributed by atoms with Crippen molar-refractivity contribution in [2.75, 3.05) is 55.8 Å². The molecule has 13 heteroatoms. The Kier molecular flexibility index (Phi) is 7.54. The van der Waals surface area contributed by atoms with Crippen LogP contribution in [0.3, 0.4) is 0 Å². The van der Waals surface area contributed by atoms with Crippen molar-refractivity contribution in [3.8, 4) is 0 Å². The van der Waals surface area contributed by atoms with E-state index in [1.54, 1.807) is 18.0 Å². The summed E-state index contributed by atoms with van der Waals surface area (Å²) in [6.45, 7) is 2.33. The summed E-state index contributed by atoms with van der Waals surface area (Å²) < 4.78 is 20.5. The molecule has 2 atom stereocenters. The van der Waals surface area contributed by atoms with Gasteiger partial charge in [-0.3, -0.25) is 10.6 Å². The number of para-hydroxylation sites is 2. The Labute approximate surface area is 219 Å². The summed E-state index contributed by atoms with van der Waals surface area (Å²) >= 11 is 0. The Morgan fingerprint density at radius 3 is 2.68 bits per heavy atom. The predicted molar refractivity (Wildman–Crippen MR) is 141 cm³/mol. The number of nitrogens with zero attached hydrogens (tertiary/aromatic N) is 6. The Balaban J connectivity index is 1.20. The molecule has 3 N–H and O–H groups in total. The number of nitrogens with one attached hydrogen (secondary N) is 3. The molecule has 1 aromatic carbocycles. The van der Waals surface area contributed by atoms with Crippen LogP contribution in [0.25, 0.3) is 11.0 Å². The van der Waals surface area contributed by atoms with Crippen molar-refractivity contribution < 1.29 is 18.7 Å². The molecule has 0 unspecified atom stereocenters. The number of H-pyrrole nitrogens is 1. The number of urea groups is 1. The second kappa shape index (κ2) is 11.2. The fourth-order valence-electron chi connectivity index (χ4n) is 4.76. The molecule has 0 aliphatic carbocycles. The van der Waals surface area contributed by atoms with Crippen LogP contribution in [-0.2, 0) is 4.74 Å². The number of likely N-dealkylation sites (tertiary alicyclic amines) is 1. The maximum absolute atomic E-state index is 15.0. The van der Waals surface area contributed by atoms with E-state index in [9.17, 15) is 14.0 Å². The first kappa shape index (κ1) is 25.6. The summed E-state index contributed by atoms with van der Waals surface area (Å²) in [5.74, 6) is 0.924. The van der Waals surface area contributed by atoms with Crippen molar-refractivity contribution in [1.82, 2.24) is 29.7 Å². The van der Waals surface area contributed by atoms with Crippen molar-refractivity contribution in [3.05, 3.63) is 36.5 Å². The van der Waals surface area contributed by atoms with Gasteiger partial charge in [0, 0.05) is 39.4 Å². The number of aromatic amines is 1. The molecule has 2 aliphatic rings. The molecular formula is C25H32FN9O3. The van der Waals surface area contributed by atoms with Gasteiger partial charge in [0.05, 0.1) is 17.1 Å². The zero-order valence-corrected chi connectivity index (χ0v) is 21.4. The molecule has 38 heavy (non-hydrogen) atoms. The molecule has 202 valence electrons. The largest absolute Gasteiger partial charge is 0.446 e. The molecule has 2 saturated heterocycles. The van der Waals surface area contributed by atoms with Gasteiger partial charge in [0.15, 0.2) is 0 Å². The summed E-state index contributed by atoms with van der Waals surface area (Å²) in [6.07, 6.45) is 1.40. The molecule has 0 radical (unpaired) electrons. The average molecular weight is 526 g/mol. The first-order valence-electron chi connectivity index (χ1n) is 12.7. The van der Waals surface area contributed by atoms with E-state index in [-0.39, 0.29) is 19.1 Å². The molecule has 0 spiro atoms. The van der Waals surface area contributed by atoms with E-state index in [0.717, 1.165) is 37.0 Å². The topological polar surface area (TPSA) is 132 Å². The van der Waals surface area contributed by atoms with Crippen molar-refractivity contribution in [2.45, 2.75) is 37.6 Å². The van der Waals surface area contributed by atoms with Crippen LogP contribution in [0.15, 0.2) is 36.5 Å². The lowest BCUT2D eigenvalue weighted by molar-refractivity contribution is 0.0661. The number of hydrogen-bond donors (Lipinski definition) is 3. The second-order valence-electron chi connectivity index (χ2n) is 9.74. The van der Waals surface area contributed by atoms with Crippen LogP contribution in [0.4, 0.5) is 31.7 Å². The number of anilines is 3. The fraction of sp³-hybridized carbons (Fsp3) is 0.480. The monoisotopic (exact) mass is 525 g/mol. The molecule has 5 rings (SSSR count). The van der Waals surface area contributed by atoms with Gasteiger partial charge < -0.3 is 24.4 Å². The lowest BCUT2D eigenvalue weighted by Crippen LogP contribution is -2.55. The minimum absolute atomic E-state index is 0.127. The highest BCUT2D eigenvalue weighted by atomic mass is 19.1. The van der Waals surface area contributed by atoms with E-state index in [1.165, 1.54) is 11.1 Å². The van der Waals surface area contributed by atoms with E-state index < -0.39 is 24.3 Å². The van der Waals surface area contributed by atoms with Crippen molar-refractivity contribution in [2.24, 2.45) is 0 Å². The lowest BCUT2D eigenvalue weighted by Gasteiger charge is -2.39. The number of carbonyl (C=O) groups excluding carboxylic acids is 2. The van der Waals surface area contributed by atoms with Crippen molar-refractivity contribution in [1.29, 1.82) is 0 Å². The average Bonchev–Trinajstić information content (AvgIpc) is 3.32. The number of fused-ring (bicyclic) bond motifs is 1. The highest BCUT2D eigenvalue weighted by Gasteiger charge is 2.35. The molecule has 2 fully saturated rings. The number of benzene rings is 1. The first-order chi connectivity index (χ1) is 18.4. The number of carbonyl (C=O) groups is 2. The van der Waals surface area contributed by atoms with Gasteiger partial charge in [0.2, 0.25) is 11.9 Å². The van der Waals surface area contributed by atoms with Gasteiger partial charge in [-0.05, 0) is 44.5 Å². The Morgan fingerprint density at radius 1 is 1.11 bits per heavy atom. The highest BCUT2D eigenvalue weighted by molar-refractivity contribution is 5.90. The number of imidazole rings is 1. The van der Waals surface area contributed by atoms with Gasteiger partial charge in [-0.1, -0.05) is 12.1 Å². The summed E-state index contributed by atoms with van der Waals surface area (Å²) in [5, 5.41) is 5.38. The summed E-state index contributed by atoms with van der Waals surface area (Å²) in [4.78, 5) is 46.8. The van der Waals surface area contributed by atoms with E-state index >= 15 is 0 Å². The SMILES string of the molecule is CN1CCC(OC(=O)Nc2ccnc(N3CC[C@@H](F)[C@@H](N(C)C(=O)Nc4nc5ccccc5[nH]4)C3)n2)CC1. The minimum Gasteiger partial charge on any atom is -0.446 e. The number of aromatic nitrogens is 4. The molecular weight excluding hydrogens is 493 g/mol. The van der Waals surface area contributed by atoms with E-state index in [0.29, 0.717) is 24.3 Å². The number of amides is 3. The van der Waals surface area contributed by atoms with Crippen LogP contribution in [-0.4, -0.2) is 100 Å². The number of halogens is 1. The zero-order chi connectivity index (χ0) is 26.6. The number of rotatable bonds is 5. The molecule has 3 aromatic rings. The van der Waals surface area contributed by atoms with Crippen molar-refractivity contribution in [3.63, 3.8) is 0 Å². The smallest absolute Gasteiger partial charge is 0.413 e. The highest BCUT2D eigenvalue weighted by Crippen LogP contribution is 2.24. The van der Waals surface area contributed by atoms with Crippen LogP contribution < -0.4 is 15.5 Å². The van der Waals surface area contributed by atoms with Crippen LogP contribution in [0.2, 0.25) is 0 Å². The van der Waals surface area contributed by atoms with Gasteiger partial charge in [0.25, 0.3) is 0 Å². The third-order valence-corrected chi connectivity index (χ3v) is 7.03. The van der Waals surface area contributed by atoms with Gasteiger partial charge in [0.1, 0.15) is 18.1 Å². The molecule has 2 aliphatic heterocycles. The quantitative estimate of drug-likeness (QED) is 0.463. The van der Waals surface area contributed by atoms with E-state index in [2.05, 4.69) is 35.5 Å². The molecule has 4 heterocycles. The normalized spacial score (nSPS) is 20.8. The predicted octanol–water partition coefficient (Wildman–Crippen LogP) is 3.08. The van der Waals surface area contributed by atoms with E-state index in [4.69, 9.17) is 4.74 Å². The van der Waals surface area contributed by atoms with Gasteiger partial charge >= 0.3 is 12.1 Å². The molecule has 2 aromatic heterocycles. The summed E-state index contributed by atoms with van der Waals surface area (Å²) in [7, 11) is 3.59. The van der Waals surface area contributed by atoms with Gasteiger partial charge in [-0.15, -0.1) is 0 Å². The van der Waals surface area contributed by atoms with Crippen LogP contribution in [0.5, 0.6) is 0 Å². The lowest BCUT2D eigenvalue weighted by atomic mass is 10.0. The molecule has 0 saturated carbocycles. The van der Waals surface area contributed by atoms with Crippen LogP contribution in [0.1, 0.15) is 19.3 Å². The minimum atomic E-state index is -1.22. The standard InChI is InChI=1S/C25H32FN9O3/c1-33-12-8-16(9-13-33)38-25(37)31-21-7-11-27-23(30-21)35-14-10-17(26)20(15-35)34(2)24(36)32-22-28-18-5-3-4-6-19(18)29-22/h3-7,11,16-17,20H,8-10,12-15H2,1-2H3,(H,27,30,31,37)(H2,28,29,32,36)/t17-,20+/m1/s1. The zero-order valence-electron chi connectivity index (χ0n) is 21.4.